The van der Waals surface area contributed by atoms with Crippen molar-refractivity contribution in [2.75, 3.05) is 9.80 Å². The molecule has 1 radical (unpaired) electrons. The molecule has 2 aromatic heterocycles. The van der Waals surface area contributed by atoms with E-state index in [0.717, 1.165) is 34.4 Å². The Bertz CT molecular complexity index is 2230. The average Bonchev–Trinajstić information content (AvgIpc) is 3.63. The number of thiophene rings is 1. The molecule has 52 heavy (non-hydrogen) atoms. The fraction of sp³-hybridized carbons (Fsp3) is 0.348. The molecule has 1 N–H and O–H groups in total. The number of aromatic nitrogens is 1. The molecule has 4 aromatic carbocycles. The molecule has 0 unspecified atom stereocenters. The van der Waals surface area contributed by atoms with E-state index in [-0.39, 0.29) is 36.5 Å². The summed E-state index contributed by atoms with van der Waals surface area (Å²) < 4.78 is 2.66. The van der Waals surface area contributed by atoms with Crippen LogP contribution in [0.2, 0.25) is 0 Å². The van der Waals surface area contributed by atoms with Crippen LogP contribution in [0.3, 0.4) is 0 Å². The third-order valence-electron chi connectivity index (χ3n) is 9.37. The number of fused-ring (bicyclic) bond motifs is 5. The van der Waals surface area contributed by atoms with E-state index in [1.807, 2.05) is 68.2 Å². The summed E-state index contributed by atoms with van der Waals surface area (Å²) >= 11 is 1.89. The molecular formula is C46H53IrN3OS-2. The van der Waals surface area contributed by atoms with Crippen molar-refractivity contribution in [2.24, 2.45) is 11.3 Å². The van der Waals surface area contributed by atoms with E-state index < -0.39 is 0 Å². The monoisotopic (exact) mass is 888 g/mol. The van der Waals surface area contributed by atoms with Gasteiger partial charge in [0.15, 0.2) is 0 Å². The maximum absolute atomic E-state index is 10.2. The van der Waals surface area contributed by atoms with Gasteiger partial charge in [-0.1, -0.05) is 115 Å². The van der Waals surface area contributed by atoms with Gasteiger partial charge >= 0.3 is 0 Å². The topological polar surface area (TPSA) is 39.6 Å². The largest absolute Gasteiger partial charge is 0.510 e. The van der Waals surface area contributed by atoms with Gasteiger partial charge in [-0.25, -0.2) is 0 Å². The third kappa shape index (κ3) is 8.10. The van der Waals surface area contributed by atoms with Crippen molar-refractivity contribution in [1.82, 2.24) is 4.98 Å². The number of nitrogens with zero attached hydrogens (tertiary/aromatic N) is 3. The molecule has 1 aliphatic rings. The Labute approximate surface area is 328 Å². The number of pyridine rings is 1. The van der Waals surface area contributed by atoms with Gasteiger partial charge in [0.05, 0.1) is 0 Å². The summed E-state index contributed by atoms with van der Waals surface area (Å²) in [6.45, 7) is 26.0. The van der Waals surface area contributed by atoms with E-state index in [0.29, 0.717) is 11.7 Å². The van der Waals surface area contributed by atoms with Crippen LogP contribution in [-0.2, 0) is 31.9 Å². The summed E-state index contributed by atoms with van der Waals surface area (Å²) in [7, 11) is 0. The van der Waals surface area contributed by atoms with E-state index in [1.165, 1.54) is 36.7 Å². The Morgan fingerprint density at radius 3 is 2.12 bits per heavy atom. The van der Waals surface area contributed by atoms with Gasteiger partial charge in [-0.05, 0) is 67.7 Å². The molecule has 0 aliphatic carbocycles. The van der Waals surface area contributed by atoms with E-state index >= 15 is 0 Å². The number of aliphatic hydroxyl groups excluding tert-OH is 1. The van der Waals surface area contributed by atoms with Crippen molar-refractivity contribution in [3.8, 4) is 11.3 Å². The van der Waals surface area contributed by atoms with Gasteiger partial charge in [0.2, 0.25) is 0 Å². The summed E-state index contributed by atoms with van der Waals surface area (Å²) in [4.78, 5) is 9.10. The van der Waals surface area contributed by atoms with Gasteiger partial charge in [-0.15, -0.1) is 47.2 Å². The maximum atomic E-state index is 10.2. The normalized spacial score (nSPS) is 13.8. The molecule has 0 bridgehead atoms. The second kappa shape index (κ2) is 15.0. The molecule has 0 atom stereocenters. The third-order valence-corrected chi connectivity index (χ3v) is 10.7. The molecule has 3 heterocycles. The molecule has 0 saturated carbocycles. The van der Waals surface area contributed by atoms with Crippen molar-refractivity contribution in [2.45, 2.75) is 93.5 Å². The van der Waals surface area contributed by atoms with Crippen LogP contribution in [0.4, 0.5) is 11.4 Å². The molecule has 1 aliphatic heterocycles. The quantitative estimate of drug-likeness (QED) is 0.141. The van der Waals surface area contributed by atoms with Gasteiger partial charge < -0.3 is 14.9 Å². The van der Waals surface area contributed by atoms with Crippen molar-refractivity contribution < 1.29 is 25.2 Å². The summed E-state index contributed by atoms with van der Waals surface area (Å²) in [6, 6.07) is 31.7. The molecular weight excluding hydrogens is 835 g/mol. The predicted octanol–water partition coefficient (Wildman–Crippen LogP) is 13.2. The van der Waals surface area contributed by atoms with Crippen LogP contribution in [0.15, 0.2) is 97.0 Å². The number of benzene rings is 4. The Hall–Kier alpha value is -3.70. The zero-order valence-electron chi connectivity index (χ0n) is 32.6. The fourth-order valence-corrected chi connectivity index (χ4v) is 7.97. The first-order valence-corrected chi connectivity index (χ1v) is 18.9. The van der Waals surface area contributed by atoms with E-state index in [9.17, 15) is 5.11 Å². The van der Waals surface area contributed by atoms with E-state index in [1.54, 1.807) is 0 Å². The summed E-state index contributed by atoms with van der Waals surface area (Å²) in [6.07, 6.45) is 4.87. The van der Waals surface area contributed by atoms with Gasteiger partial charge in [-0.3, -0.25) is 4.98 Å². The molecule has 4 nitrogen and oxygen atoms in total. The molecule has 6 aromatic rings. The minimum Gasteiger partial charge on any atom is -0.510 e. The smallest absolute Gasteiger partial charge is 0.111 e. The number of hydrogen-bond donors (Lipinski definition) is 1. The van der Waals surface area contributed by atoms with Crippen LogP contribution in [0.25, 0.3) is 42.2 Å². The minimum atomic E-state index is -0.252. The predicted molar refractivity (Wildman–Crippen MR) is 222 cm³/mol. The van der Waals surface area contributed by atoms with Gasteiger partial charge in [-0.2, -0.15) is 0 Å². The Morgan fingerprint density at radius 1 is 0.827 bits per heavy atom. The molecule has 0 amide bonds. The first kappa shape index (κ1) is 39.5. The summed E-state index contributed by atoms with van der Waals surface area (Å²) in [5, 5.41) is 15.3. The number of rotatable bonds is 4. The average molecular weight is 888 g/mol. The van der Waals surface area contributed by atoms with Crippen molar-refractivity contribution in [3.63, 3.8) is 0 Å². The van der Waals surface area contributed by atoms with Crippen LogP contribution in [0, 0.1) is 24.1 Å². The van der Waals surface area contributed by atoms with Crippen molar-refractivity contribution >= 4 is 53.7 Å². The standard InChI is InChI=1S/C29H28NS.C17H25N2O.Ir/c1-18(2)15-20-10-8-12-23-24-13-14-30-26(28(24)31-27(20)23)21-16-19-9-6-7-11-22(19)25(17-21)29(3,4)5;1-16(2,3)15(20)11-18-12-19(17(4,5)6)14-10-8-7-9-13(14)18;/h6-14,17-18H,15H2,1-5H3;7-12,20H,1-6H3;/q2*-1;/b;15-11-;. The van der Waals surface area contributed by atoms with Crippen LogP contribution < -0.4 is 9.80 Å². The molecule has 0 saturated heterocycles. The SMILES string of the molecule is CC(C)(C)/C(O)=C/N1[CH-]N(C(C)(C)C)c2ccccc21.CC(C)Cc1cccc2c1sc1c(-c3[c-]c4ccccc4c(C(C)(C)C)c3)nccc12.[Ir]. The number of para-hydroxylation sites is 2. The Morgan fingerprint density at radius 2 is 1.46 bits per heavy atom. The van der Waals surface area contributed by atoms with Gasteiger partial charge in [0, 0.05) is 75.3 Å². The second-order valence-corrected chi connectivity index (χ2v) is 18.3. The van der Waals surface area contributed by atoms with Crippen molar-refractivity contribution in [3.05, 3.63) is 121 Å². The zero-order chi connectivity index (χ0) is 36.9. The van der Waals surface area contributed by atoms with Gasteiger partial charge in [0.1, 0.15) is 5.76 Å². The van der Waals surface area contributed by atoms with E-state index in [2.05, 4.69) is 133 Å². The second-order valence-electron chi connectivity index (χ2n) is 17.2. The first-order chi connectivity index (χ1) is 23.9. The minimum absolute atomic E-state index is 0. The Balaban J connectivity index is 0.000000217. The Kier molecular flexibility index (Phi) is 11.4. The molecule has 0 fully saturated rings. The van der Waals surface area contributed by atoms with E-state index in [4.69, 9.17) is 4.98 Å². The van der Waals surface area contributed by atoms with Crippen LogP contribution in [-0.4, -0.2) is 15.6 Å². The maximum Gasteiger partial charge on any atom is 0.111 e. The van der Waals surface area contributed by atoms with Crippen LogP contribution >= 0.6 is 11.3 Å². The molecule has 7 rings (SSSR count). The number of allylic oxidation sites excluding steroid dienone is 1. The first-order valence-electron chi connectivity index (χ1n) is 18.1. The molecule has 0 spiro atoms. The van der Waals surface area contributed by atoms with Crippen molar-refractivity contribution in [1.29, 1.82) is 0 Å². The zero-order valence-corrected chi connectivity index (χ0v) is 35.8. The fourth-order valence-electron chi connectivity index (χ4n) is 6.65. The van der Waals surface area contributed by atoms with Crippen LogP contribution in [0.5, 0.6) is 0 Å². The number of aliphatic hydroxyl groups is 1. The van der Waals surface area contributed by atoms with Gasteiger partial charge in [0.25, 0.3) is 0 Å². The molecule has 6 heteroatoms. The summed E-state index contributed by atoms with van der Waals surface area (Å²) in [5.74, 6) is 1.01. The summed E-state index contributed by atoms with van der Waals surface area (Å²) in [5.41, 5.74) is 6.97. The van der Waals surface area contributed by atoms with Crippen LogP contribution in [0.1, 0.15) is 87.3 Å². The number of anilines is 2. The molecule has 275 valence electrons. The number of hydrogen-bond acceptors (Lipinski definition) is 5.